The number of aromatic nitrogens is 2. The maximum atomic E-state index is 12.8. The van der Waals surface area contributed by atoms with Crippen LogP contribution in [0.4, 0.5) is 5.69 Å². The van der Waals surface area contributed by atoms with E-state index in [1.807, 2.05) is 6.20 Å². The smallest absolute Gasteiger partial charge is 0.269 e. The molecule has 162 valence electrons. The van der Waals surface area contributed by atoms with Gasteiger partial charge in [-0.15, -0.1) is 0 Å². The van der Waals surface area contributed by atoms with Gasteiger partial charge in [-0.25, -0.2) is 4.68 Å². The first-order valence-electron chi connectivity index (χ1n) is 11.3. The molecule has 2 aromatic rings. The first-order chi connectivity index (χ1) is 14.5. The number of likely N-dealkylation sites (tertiary alicyclic amines) is 1. The van der Waals surface area contributed by atoms with Crippen LogP contribution in [0.15, 0.2) is 41.3 Å². The summed E-state index contributed by atoms with van der Waals surface area (Å²) in [5.74, 6) is 0.550. The van der Waals surface area contributed by atoms with Gasteiger partial charge in [0, 0.05) is 32.2 Å². The second-order valence-corrected chi connectivity index (χ2v) is 9.14. The summed E-state index contributed by atoms with van der Waals surface area (Å²) in [5.41, 5.74) is 3.55. The van der Waals surface area contributed by atoms with Gasteiger partial charge in [0.1, 0.15) is 0 Å². The van der Waals surface area contributed by atoms with Crippen molar-refractivity contribution >= 4 is 5.69 Å². The lowest BCUT2D eigenvalue weighted by Gasteiger charge is -2.34. The number of benzene rings is 1. The number of aliphatic hydroxyl groups excluding tert-OH is 1. The van der Waals surface area contributed by atoms with Crippen molar-refractivity contribution in [1.29, 1.82) is 0 Å². The van der Waals surface area contributed by atoms with Crippen LogP contribution in [-0.4, -0.2) is 52.1 Å². The molecule has 1 N–H and O–H groups in total. The summed E-state index contributed by atoms with van der Waals surface area (Å²) >= 11 is 0. The Hall–Kier alpha value is -2.18. The van der Waals surface area contributed by atoms with Crippen LogP contribution in [0, 0.1) is 0 Å². The van der Waals surface area contributed by atoms with Crippen molar-refractivity contribution in [2.75, 3.05) is 31.1 Å². The highest BCUT2D eigenvalue weighted by Crippen LogP contribution is 2.23. The molecule has 2 aliphatic heterocycles. The lowest BCUT2D eigenvalue weighted by molar-refractivity contribution is 0.145. The summed E-state index contributed by atoms with van der Waals surface area (Å²) in [6, 6.07) is 10.8. The molecule has 6 nitrogen and oxygen atoms in total. The second-order valence-electron chi connectivity index (χ2n) is 9.14. The fourth-order valence-electron chi connectivity index (χ4n) is 4.62. The van der Waals surface area contributed by atoms with Crippen molar-refractivity contribution in [2.45, 2.75) is 64.1 Å². The molecule has 0 spiro atoms. The largest absolute Gasteiger partial charge is 0.393 e. The van der Waals surface area contributed by atoms with Crippen molar-refractivity contribution in [3.63, 3.8) is 0 Å². The van der Waals surface area contributed by atoms with Gasteiger partial charge in [0.2, 0.25) is 0 Å². The normalized spacial score (nSPS) is 21.3. The van der Waals surface area contributed by atoms with E-state index in [1.54, 1.807) is 10.7 Å². The number of rotatable bonds is 5. The highest BCUT2D eigenvalue weighted by Gasteiger charge is 2.24. The van der Waals surface area contributed by atoms with Crippen LogP contribution in [0.1, 0.15) is 62.6 Å². The van der Waals surface area contributed by atoms with E-state index in [-0.39, 0.29) is 17.7 Å². The Morgan fingerprint density at radius 1 is 1.10 bits per heavy atom. The summed E-state index contributed by atoms with van der Waals surface area (Å²) in [6.07, 6.45) is 5.17. The standard InChI is InChI=1S/C24H34N4O2/c1-18(2)20-7-5-19(6-8-20)16-26-11-3-4-21(17-26)28-24(30)14-22(15-25-28)27-12-9-23(29)10-13-27/h5-8,14-15,18,21,23,29H,3-4,9-13,16-17H2,1-2H3/t21-/m0/s1. The van der Waals surface area contributed by atoms with Crippen molar-refractivity contribution in [3.8, 4) is 0 Å². The zero-order valence-electron chi connectivity index (χ0n) is 18.2. The summed E-state index contributed by atoms with van der Waals surface area (Å²) in [5, 5.41) is 14.2. The van der Waals surface area contributed by atoms with Crippen LogP contribution in [0.25, 0.3) is 0 Å². The maximum absolute atomic E-state index is 12.8. The zero-order valence-corrected chi connectivity index (χ0v) is 18.2. The number of piperidine rings is 2. The number of hydrogen-bond donors (Lipinski definition) is 1. The Labute approximate surface area is 179 Å². The fourth-order valence-corrected chi connectivity index (χ4v) is 4.62. The quantitative estimate of drug-likeness (QED) is 0.820. The van der Waals surface area contributed by atoms with Crippen molar-refractivity contribution in [3.05, 3.63) is 58.0 Å². The van der Waals surface area contributed by atoms with E-state index >= 15 is 0 Å². The third-order valence-corrected chi connectivity index (χ3v) is 6.52. The van der Waals surface area contributed by atoms with Gasteiger partial charge in [0.25, 0.3) is 5.56 Å². The van der Waals surface area contributed by atoms with Crippen LogP contribution >= 0.6 is 0 Å². The third-order valence-electron chi connectivity index (χ3n) is 6.52. The molecule has 2 fully saturated rings. The van der Waals surface area contributed by atoms with Gasteiger partial charge < -0.3 is 10.0 Å². The molecular weight excluding hydrogens is 376 g/mol. The molecule has 2 saturated heterocycles. The molecule has 4 rings (SSSR count). The van der Waals surface area contributed by atoms with Crippen molar-refractivity contribution < 1.29 is 5.11 Å². The van der Waals surface area contributed by atoms with Gasteiger partial charge in [-0.2, -0.15) is 5.10 Å². The highest BCUT2D eigenvalue weighted by molar-refractivity contribution is 5.43. The summed E-state index contributed by atoms with van der Waals surface area (Å²) in [4.78, 5) is 17.4. The molecule has 0 unspecified atom stereocenters. The Kier molecular flexibility index (Phi) is 6.54. The van der Waals surface area contributed by atoms with Gasteiger partial charge in [0.15, 0.2) is 0 Å². The molecular formula is C24H34N4O2. The molecule has 1 aromatic carbocycles. The molecule has 0 radical (unpaired) electrons. The summed E-state index contributed by atoms with van der Waals surface area (Å²) in [7, 11) is 0. The Morgan fingerprint density at radius 3 is 2.50 bits per heavy atom. The lowest BCUT2D eigenvalue weighted by Crippen LogP contribution is -2.41. The van der Waals surface area contributed by atoms with Crippen molar-refractivity contribution in [1.82, 2.24) is 14.7 Å². The minimum absolute atomic E-state index is 0.0215. The van der Waals surface area contributed by atoms with E-state index in [0.29, 0.717) is 5.92 Å². The first kappa shape index (κ1) is 21.1. The molecule has 0 bridgehead atoms. The molecule has 0 amide bonds. The average molecular weight is 411 g/mol. The van der Waals surface area contributed by atoms with E-state index in [0.717, 1.165) is 64.1 Å². The van der Waals surface area contributed by atoms with Crippen LogP contribution < -0.4 is 10.5 Å². The van der Waals surface area contributed by atoms with Crippen molar-refractivity contribution in [2.24, 2.45) is 0 Å². The minimum Gasteiger partial charge on any atom is -0.393 e. The molecule has 2 aliphatic rings. The predicted molar refractivity (Wildman–Crippen MR) is 120 cm³/mol. The minimum atomic E-state index is -0.218. The van der Waals surface area contributed by atoms with Gasteiger partial charge >= 0.3 is 0 Å². The van der Waals surface area contributed by atoms with Gasteiger partial charge in [-0.05, 0) is 49.3 Å². The van der Waals surface area contributed by atoms with Gasteiger partial charge in [0.05, 0.1) is 24.0 Å². The number of aliphatic hydroxyl groups is 1. The van der Waals surface area contributed by atoms with E-state index in [1.165, 1.54) is 11.1 Å². The molecule has 1 atom stereocenters. The highest BCUT2D eigenvalue weighted by atomic mass is 16.3. The molecule has 30 heavy (non-hydrogen) atoms. The topological polar surface area (TPSA) is 61.6 Å². The van der Waals surface area contributed by atoms with Gasteiger partial charge in [-0.3, -0.25) is 9.69 Å². The lowest BCUT2D eigenvalue weighted by atomic mass is 10.0. The van der Waals surface area contributed by atoms with E-state index in [4.69, 9.17) is 0 Å². The van der Waals surface area contributed by atoms with E-state index in [2.05, 4.69) is 53.0 Å². The van der Waals surface area contributed by atoms with Crippen LogP contribution in [-0.2, 0) is 6.54 Å². The van der Waals surface area contributed by atoms with E-state index < -0.39 is 0 Å². The average Bonchev–Trinajstić information content (AvgIpc) is 2.75. The zero-order chi connectivity index (χ0) is 21.1. The monoisotopic (exact) mass is 410 g/mol. The van der Waals surface area contributed by atoms with Crippen LogP contribution in [0.2, 0.25) is 0 Å². The summed E-state index contributed by atoms with van der Waals surface area (Å²) in [6.45, 7) is 8.82. The Morgan fingerprint density at radius 2 is 1.83 bits per heavy atom. The van der Waals surface area contributed by atoms with E-state index in [9.17, 15) is 9.90 Å². The number of hydrogen-bond acceptors (Lipinski definition) is 5. The summed E-state index contributed by atoms with van der Waals surface area (Å²) < 4.78 is 1.68. The predicted octanol–water partition coefficient (Wildman–Crippen LogP) is 3.16. The second kappa shape index (κ2) is 9.31. The Balaban J connectivity index is 1.41. The maximum Gasteiger partial charge on any atom is 0.269 e. The van der Waals surface area contributed by atoms with Gasteiger partial charge in [-0.1, -0.05) is 38.1 Å². The first-order valence-corrected chi connectivity index (χ1v) is 11.3. The SMILES string of the molecule is CC(C)c1ccc(CN2CCC[C@H](n3ncc(N4CCC(O)CC4)cc3=O)C2)cc1. The molecule has 0 saturated carbocycles. The Bertz CT molecular complexity index is 885. The van der Waals surface area contributed by atoms with Crippen LogP contribution in [0.5, 0.6) is 0 Å². The fraction of sp³-hybridized carbons (Fsp3) is 0.583. The number of nitrogens with zero attached hydrogens (tertiary/aromatic N) is 4. The molecule has 3 heterocycles. The molecule has 1 aromatic heterocycles. The molecule has 6 heteroatoms. The third kappa shape index (κ3) is 4.93. The van der Waals surface area contributed by atoms with Crippen LogP contribution in [0.3, 0.4) is 0 Å². The number of anilines is 1. The molecule has 0 aliphatic carbocycles.